The standard InChI is InChI=1S/C17H21N3O2/c1-11-15-9-12(10-18-16(15)22-19-11)17(21)20(14-7-8-14)13-5-3-2-4-6-13/h9-10,13-14H,2-8H2,1H3. The van der Waals surface area contributed by atoms with Crippen LogP contribution in [-0.4, -0.2) is 33.0 Å². The first-order valence-corrected chi connectivity index (χ1v) is 8.29. The Morgan fingerprint density at radius 1 is 1.18 bits per heavy atom. The zero-order valence-electron chi connectivity index (χ0n) is 12.9. The van der Waals surface area contributed by atoms with Gasteiger partial charge in [-0.3, -0.25) is 4.79 Å². The summed E-state index contributed by atoms with van der Waals surface area (Å²) >= 11 is 0. The molecular formula is C17H21N3O2. The quantitative estimate of drug-likeness (QED) is 0.870. The molecule has 2 saturated carbocycles. The van der Waals surface area contributed by atoms with Crippen LogP contribution in [0, 0.1) is 6.92 Å². The molecule has 0 unspecified atom stereocenters. The van der Waals surface area contributed by atoms with Crippen molar-refractivity contribution in [2.75, 3.05) is 0 Å². The van der Waals surface area contributed by atoms with Crippen LogP contribution in [0.4, 0.5) is 0 Å². The average molecular weight is 299 g/mol. The first-order valence-electron chi connectivity index (χ1n) is 8.29. The number of fused-ring (bicyclic) bond motifs is 1. The van der Waals surface area contributed by atoms with Crippen molar-refractivity contribution in [2.24, 2.45) is 0 Å². The second-order valence-electron chi connectivity index (χ2n) is 6.58. The molecule has 0 N–H and O–H groups in total. The lowest BCUT2D eigenvalue weighted by molar-refractivity contribution is 0.0614. The van der Waals surface area contributed by atoms with Gasteiger partial charge in [0.25, 0.3) is 11.6 Å². The largest absolute Gasteiger partial charge is 0.336 e. The second-order valence-corrected chi connectivity index (χ2v) is 6.58. The fraction of sp³-hybridized carbons (Fsp3) is 0.588. The molecule has 2 aliphatic rings. The first-order chi connectivity index (χ1) is 10.7. The molecule has 2 aromatic heterocycles. The molecule has 2 fully saturated rings. The minimum absolute atomic E-state index is 0.129. The topological polar surface area (TPSA) is 59.2 Å². The summed E-state index contributed by atoms with van der Waals surface area (Å²) in [5.41, 5.74) is 1.95. The van der Waals surface area contributed by atoms with Crippen molar-refractivity contribution in [3.05, 3.63) is 23.5 Å². The molecule has 2 heterocycles. The second kappa shape index (κ2) is 5.38. The SMILES string of the molecule is Cc1noc2ncc(C(=O)N(C3CCCCC3)C3CC3)cc12. The van der Waals surface area contributed by atoms with E-state index >= 15 is 0 Å². The number of rotatable bonds is 3. The Morgan fingerprint density at radius 2 is 1.91 bits per heavy atom. The van der Waals surface area contributed by atoms with Crippen molar-refractivity contribution in [2.45, 2.75) is 64.0 Å². The third-order valence-corrected chi connectivity index (χ3v) is 4.90. The van der Waals surface area contributed by atoms with Crippen molar-refractivity contribution in [1.29, 1.82) is 0 Å². The Kier molecular flexibility index (Phi) is 3.36. The number of aryl methyl sites for hydroxylation is 1. The number of amides is 1. The molecule has 4 rings (SSSR count). The summed E-state index contributed by atoms with van der Waals surface area (Å²) in [5, 5.41) is 4.75. The van der Waals surface area contributed by atoms with E-state index in [0.717, 1.165) is 36.8 Å². The molecule has 0 atom stereocenters. The van der Waals surface area contributed by atoms with Crippen LogP contribution in [-0.2, 0) is 0 Å². The van der Waals surface area contributed by atoms with Crippen molar-refractivity contribution >= 4 is 17.0 Å². The Bertz CT molecular complexity index is 699. The Balaban J connectivity index is 1.65. The summed E-state index contributed by atoms with van der Waals surface area (Å²) < 4.78 is 5.13. The molecule has 5 heteroatoms. The van der Waals surface area contributed by atoms with E-state index in [1.54, 1.807) is 6.20 Å². The Labute approximate surface area is 129 Å². The smallest absolute Gasteiger partial charge is 0.257 e. The fourth-order valence-corrected chi connectivity index (χ4v) is 3.55. The minimum Gasteiger partial charge on any atom is -0.336 e. The highest BCUT2D eigenvalue weighted by atomic mass is 16.5. The molecule has 5 nitrogen and oxygen atoms in total. The van der Waals surface area contributed by atoms with Crippen molar-refractivity contribution in [3.63, 3.8) is 0 Å². The highest BCUT2D eigenvalue weighted by Crippen LogP contribution is 2.35. The van der Waals surface area contributed by atoms with E-state index in [1.807, 2.05) is 13.0 Å². The van der Waals surface area contributed by atoms with Crippen LogP contribution in [0.25, 0.3) is 11.1 Å². The van der Waals surface area contributed by atoms with Gasteiger partial charge < -0.3 is 9.42 Å². The van der Waals surface area contributed by atoms with Gasteiger partial charge in [0.05, 0.1) is 16.6 Å². The number of aromatic nitrogens is 2. The third-order valence-electron chi connectivity index (χ3n) is 4.90. The summed E-state index contributed by atoms with van der Waals surface area (Å²) in [5.74, 6) is 0.129. The number of hydrogen-bond acceptors (Lipinski definition) is 4. The molecule has 0 bridgehead atoms. The Morgan fingerprint density at radius 3 is 2.64 bits per heavy atom. The van der Waals surface area contributed by atoms with Crippen LogP contribution in [0.15, 0.2) is 16.8 Å². The van der Waals surface area contributed by atoms with E-state index in [9.17, 15) is 4.79 Å². The van der Waals surface area contributed by atoms with E-state index in [1.165, 1.54) is 19.3 Å². The van der Waals surface area contributed by atoms with Gasteiger partial charge in [-0.1, -0.05) is 24.4 Å². The van der Waals surface area contributed by atoms with Crippen LogP contribution in [0.2, 0.25) is 0 Å². The molecular weight excluding hydrogens is 278 g/mol. The van der Waals surface area contributed by atoms with E-state index in [-0.39, 0.29) is 5.91 Å². The van der Waals surface area contributed by atoms with E-state index in [4.69, 9.17) is 4.52 Å². The van der Waals surface area contributed by atoms with Gasteiger partial charge in [-0.2, -0.15) is 0 Å². The molecule has 1 amide bonds. The van der Waals surface area contributed by atoms with Gasteiger partial charge in [0.1, 0.15) is 0 Å². The van der Waals surface area contributed by atoms with Gasteiger partial charge in [-0.25, -0.2) is 4.98 Å². The van der Waals surface area contributed by atoms with Crippen molar-refractivity contribution < 1.29 is 9.32 Å². The average Bonchev–Trinajstić information content (AvgIpc) is 3.32. The number of nitrogens with zero attached hydrogens (tertiary/aromatic N) is 3. The summed E-state index contributed by atoms with van der Waals surface area (Å²) in [4.78, 5) is 19.4. The summed E-state index contributed by atoms with van der Waals surface area (Å²) in [7, 11) is 0. The molecule has 22 heavy (non-hydrogen) atoms. The van der Waals surface area contributed by atoms with Gasteiger partial charge in [0, 0.05) is 18.3 Å². The lowest BCUT2D eigenvalue weighted by Gasteiger charge is -2.34. The molecule has 0 aliphatic heterocycles. The maximum Gasteiger partial charge on any atom is 0.257 e. The van der Waals surface area contributed by atoms with E-state index < -0.39 is 0 Å². The normalized spacial score (nSPS) is 19.5. The van der Waals surface area contributed by atoms with Crippen molar-refractivity contribution in [1.82, 2.24) is 15.0 Å². The predicted octanol–water partition coefficient (Wildman–Crippen LogP) is 3.47. The number of hydrogen-bond donors (Lipinski definition) is 0. The number of carbonyl (C=O) groups is 1. The van der Waals surface area contributed by atoms with Crippen LogP contribution in [0.1, 0.15) is 61.0 Å². The summed E-state index contributed by atoms with van der Waals surface area (Å²) in [6.07, 6.45) is 9.99. The van der Waals surface area contributed by atoms with E-state index in [2.05, 4.69) is 15.0 Å². The monoisotopic (exact) mass is 299 g/mol. The molecule has 2 aromatic rings. The lowest BCUT2D eigenvalue weighted by atomic mass is 9.93. The van der Waals surface area contributed by atoms with E-state index in [0.29, 0.717) is 23.4 Å². The van der Waals surface area contributed by atoms with Crippen LogP contribution in [0.3, 0.4) is 0 Å². The van der Waals surface area contributed by atoms with Crippen molar-refractivity contribution in [3.8, 4) is 0 Å². The lowest BCUT2D eigenvalue weighted by Crippen LogP contribution is -2.43. The molecule has 116 valence electrons. The van der Waals surface area contributed by atoms with Gasteiger partial charge in [0.2, 0.25) is 0 Å². The highest BCUT2D eigenvalue weighted by molar-refractivity contribution is 5.97. The predicted molar refractivity (Wildman–Crippen MR) is 82.6 cm³/mol. The summed E-state index contributed by atoms with van der Waals surface area (Å²) in [6, 6.07) is 2.73. The fourth-order valence-electron chi connectivity index (χ4n) is 3.55. The summed E-state index contributed by atoms with van der Waals surface area (Å²) in [6.45, 7) is 1.88. The number of carbonyl (C=O) groups excluding carboxylic acids is 1. The zero-order valence-corrected chi connectivity index (χ0v) is 12.9. The van der Waals surface area contributed by atoms with Crippen LogP contribution in [0.5, 0.6) is 0 Å². The maximum absolute atomic E-state index is 13.0. The van der Waals surface area contributed by atoms with Crippen LogP contribution >= 0.6 is 0 Å². The van der Waals surface area contributed by atoms with Gasteiger partial charge in [0.15, 0.2) is 0 Å². The third kappa shape index (κ3) is 2.38. The highest BCUT2D eigenvalue weighted by Gasteiger charge is 2.38. The molecule has 0 saturated heterocycles. The molecule has 0 aromatic carbocycles. The van der Waals surface area contributed by atoms with Gasteiger partial charge in [-0.05, 0) is 38.7 Å². The first kappa shape index (κ1) is 13.7. The molecule has 0 radical (unpaired) electrons. The molecule has 0 spiro atoms. The maximum atomic E-state index is 13.0. The van der Waals surface area contributed by atoms with Crippen LogP contribution < -0.4 is 0 Å². The Hall–Kier alpha value is -1.91. The number of pyridine rings is 1. The van der Waals surface area contributed by atoms with Gasteiger partial charge in [-0.15, -0.1) is 0 Å². The minimum atomic E-state index is 0.129. The molecule has 2 aliphatic carbocycles. The van der Waals surface area contributed by atoms with Gasteiger partial charge >= 0.3 is 0 Å². The zero-order chi connectivity index (χ0) is 15.1.